The van der Waals surface area contributed by atoms with Crippen molar-refractivity contribution in [2.75, 3.05) is 18.8 Å². The van der Waals surface area contributed by atoms with Crippen LogP contribution in [0.5, 0.6) is 11.5 Å². The number of nitrogens with zero attached hydrogens (tertiary/aromatic N) is 3. The lowest BCUT2D eigenvalue weighted by Crippen LogP contribution is -2.40. The summed E-state index contributed by atoms with van der Waals surface area (Å²) in [5, 5.41) is 18.2. The van der Waals surface area contributed by atoms with Gasteiger partial charge < -0.3 is 15.6 Å². The molecule has 1 fully saturated rings. The van der Waals surface area contributed by atoms with Gasteiger partial charge in [-0.05, 0) is 37.1 Å². The Morgan fingerprint density at radius 1 is 1.07 bits per heavy atom. The highest BCUT2D eigenvalue weighted by Crippen LogP contribution is 2.31. The number of nitrogens with two attached hydrogens (primary N) is 1. The number of hydrogen-bond donors (Lipinski definition) is 2. The Kier molecular flexibility index (Phi) is 7.40. The Labute approximate surface area is 177 Å². The molecule has 1 aliphatic rings. The number of phenolic OH excluding ortho intramolecular Hbond substituents is 1. The van der Waals surface area contributed by atoms with E-state index in [-0.39, 0.29) is 17.7 Å². The van der Waals surface area contributed by atoms with Gasteiger partial charge in [-0.1, -0.05) is 42.5 Å². The van der Waals surface area contributed by atoms with Crippen LogP contribution in [-0.2, 0) is 6.54 Å². The third-order valence-electron chi connectivity index (χ3n) is 4.97. The highest BCUT2D eigenvalue weighted by molar-refractivity contribution is 5.68. The van der Waals surface area contributed by atoms with Crippen LogP contribution in [0.1, 0.15) is 18.4 Å². The SMILES string of the molecule is C=C.Nc1nnc(-c2ccccc2O)cc1OC1CCCN(Cc2ccccc2)C1. The molecular formula is C24H28N4O2. The second kappa shape index (κ2) is 10.4. The van der Waals surface area contributed by atoms with Gasteiger partial charge in [-0.25, -0.2) is 0 Å². The molecule has 1 saturated heterocycles. The lowest BCUT2D eigenvalue weighted by molar-refractivity contribution is 0.0846. The summed E-state index contributed by atoms with van der Waals surface area (Å²) in [7, 11) is 0. The van der Waals surface area contributed by atoms with Crippen LogP contribution in [0.15, 0.2) is 73.8 Å². The minimum Gasteiger partial charge on any atom is -0.507 e. The van der Waals surface area contributed by atoms with E-state index in [0.717, 1.165) is 32.5 Å². The molecule has 3 N–H and O–H groups in total. The molecule has 0 spiro atoms. The van der Waals surface area contributed by atoms with Gasteiger partial charge in [-0.2, -0.15) is 0 Å². The van der Waals surface area contributed by atoms with Crippen molar-refractivity contribution in [1.82, 2.24) is 15.1 Å². The topological polar surface area (TPSA) is 84.5 Å². The van der Waals surface area contributed by atoms with Crippen molar-refractivity contribution in [3.63, 3.8) is 0 Å². The van der Waals surface area contributed by atoms with E-state index in [1.165, 1.54) is 5.56 Å². The largest absolute Gasteiger partial charge is 0.507 e. The van der Waals surface area contributed by atoms with Gasteiger partial charge in [0.1, 0.15) is 17.5 Å². The fourth-order valence-corrected chi connectivity index (χ4v) is 3.57. The first-order valence-corrected chi connectivity index (χ1v) is 10.0. The summed E-state index contributed by atoms with van der Waals surface area (Å²) in [4.78, 5) is 2.40. The molecule has 6 nitrogen and oxygen atoms in total. The van der Waals surface area contributed by atoms with Crippen LogP contribution in [0.4, 0.5) is 5.82 Å². The summed E-state index contributed by atoms with van der Waals surface area (Å²) < 4.78 is 6.21. The molecule has 1 unspecified atom stereocenters. The van der Waals surface area contributed by atoms with Gasteiger partial charge in [0.2, 0.25) is 0 Å². The maximum atomic E-state index is 10.1. The van der Waals surface area contributed by atoms with Gasteiger partial charge in [0.05, 0.1) is 0 Å². The van der Waals surface area contributed by atoms with Crippen molar-refractivity contribution in [1.29, 1.82) is 0 Å². The Hall–Kier alpha value is -3.38. The predicted octanol–water partition coefficient (Wildman–Crippen LogP) is 4.28. The van der Waals surface area contributed by atoms with Crippen LogP contribution in [0, 0.1) is 0 Å². The first kappa shape index (κ1) is 21.3. The maximum absolute atomic E-state index is 10.1. The van der Waals surface area contributed by atoms with Crippen molar-refractivity contribution < 1.29 is 9.84 Å². The molecule has 0 amide bonds. The number of aromatic hydroxyl groups is 1. The molecule has 0 radical (unpaired) electrons. The zero-order valence-electron chi connectivity index (χ0n) is 17.1. The van der Waals surface area contributed by atoms with Crippen LogP contribution in [0.25, 0.3) is 11.3 Å². The van der Waals surface area contributed by atoms with Gasteiger partial charge in [0.15, 0.2) is 11.6 Å². The van der Waals surface area contributed by atoms with E-state index in [9.17, 15) is 5.11 Å². The Morgan fingerprint density at radius 2 is 1.80 bits per heavy atom. The molecule has 4 rings (SSSR count). The number of ether oxygens (including phenoxy) is 1. The number of anilines is 1. The third kappa shape index (κ3) is 5.36. The highest BCUT2D eigenvalue weighted by Gasteiger charge is 2.23. The number of benzene rings is 2. The fraction of sp³-hybridized carbons (Fsp3) is 0.250. The molecule has 0 aliphatic carbocycles. The summed E-state index contributed by atoms with van der Waals surface area (Å²) >= 11 is 0. The van der Waals surface area contributed by atoms with Crippen LogP contribution in [0.2, 0.25) is 0 Å². The standard InChI is InChI=1S/C22H24N4O2.C2H4/c23-22-21(13-19(24-25-22)18-10-4-5-11-20(18)27)28-17-9-6-12-26(15-17)14-16-7-2-1-3-8-16;1-2/h1-5,7-8,10-11,13,17,27H,6,9,12,14-15H2,(H2,23,25);1-2H2. The predicted molar refractivity (Wildman–Crippen MR) is 120 cm³/mol. The summed E-state index contributed by atoms with van der Waals surface area (Å²) in [5.74, 6) is 0.929. The molecular weight excluding hydrogens is 376 g/mol. The van der Waals surface area contributed by atoms with E-state index in [4.69, 9.17) is 10.5 Å². The smallest absolute Gasteiger partial charge is 0.188 e. The van der Waals surface area contributed by atoms with Crippen molar-refractivity contribution in [3.05, 3.63) is 79.4 Å². The normalized spacial score (nSPS) is 16.3. The third-order valence-corrected chi connectivity index (χ3v) is 4.97. The van der Waals surface area contributed by atoms with Crippen molar-refractivity contribution >= 4 is 5.82 Å². The van der Waals surface area contributed by atoms with Gasteiger partial charge in [-0.3, -0.25) is 4.90 Å². The molecule has 1 aromatic heterocycles. The van der Waals surface area contributed by atoms with Crippen LogP contribution in [-0.4, -0.2) is 39.4 Å². The van der Waals surface area contributed by atoms with E-state index in [0.29, 0.717) is 17.0 Å². The van der Waals surface area contributed by atoms with Gasteiger partial charge in [0, 0.05) is 24.7 Å². The number of aromatic nitrogens is 2. The minimum atomic E-state index is 0.0428. The second-order valence-corrected chi connectivity index (χ2v) is 7.10. The van der Waals surface area contributed by atoms with Crippen LogP contribution >= 0.6 is 0 Å². The Balaban J connectivity index is 0.00000124. The number of para-hydroxylation sites is 1. The maximum Gasteiger partial charge on any atom is 0.188 e. The molecule has 2 aromatic carbocycles. The Morgan fingerprint density at radius 3 is 2.57 bits per heavy atom. The number of piperidine rings is 1. The number of likely N-dealkylation sites (tertiary alicyclic amines) is 1. The average Bonchev–Trinajstić information content (AvgIpc) is 2.78. The van der Waals surface area contributed by atoms with Crippen molar-refractivity contribution in [2.24, 2.45) is 0 Å². The quantitative estimate of drug-likeness (QED) is 0.618. The fourth-order valence-electron chi connectivity index (χ4n) is 3.57. The first-order valence-electron chi connectivity index (χ1n) is 10.0. The zero-order chi connectivity index (χ0) is 21.3. The van der Waals surface area contributed by atoms with E-state index in [2.05, 4.69) is 52.5 Å². The summed E-state index contributed by atoms with van der Waals surface area (Å²) in [6, 6.07) is 19.2. The number of nitrogen functional groups attached to an aromatic ring is 1. The molecule has 30 heavy (non-hydrogen) atoms. The lowest BCUT2D eigenvalue weighted by atomic mass is 10.1. The highest BCUT2D eigenvalue weighted by atomic mass is 16.5. The second-order valence-electron chi connectivity index (χ2n) is 7.10. The minimum absolute atomic E-state index is 0.0428. The average molecular weight is 405 g/mol. The lowest BCUT2D eigenvalue weighted by Gasteiger charge is -2.33. The Bertz CT molecular complexity index is 949. The summed E-state index contributed by atoms with van der Waals surface area (Å²) in [6.07, 6.45) is 2.09. The van der Waals surface area contributed by atoms with Crippen LogP contribution in [0.3, 0.4) is 0 Å². The molecule has 156 valence electrons. The molecule has 2 heterocycles. The number of hydrogen-bond acceptors (Lipinski definition) is 6. The van der Waals surface area contributed by atoms with Gasteiger partial charge in [-0.15, -0.1) is 23.4 Å². The molecule has 0 saturated carbocycles. The monoisotopic (exact) mass is 404 g/mol. The molecule has 1 atom stereocenters. The molecule has 1 aliphatic heterocycles. The zero-order valence-corrected chi connectivity index (χ0v) is 17.1. The van der Waals surface area contributed by atoms with Crippen molar-refractivity contribution in [3.8, 4) is 22.8 Å². The van der Waals surface area contributed by atoms with E-state index < -0.39 is 0 Å². The molecule has 6 heteroatoms. The summed E-state index contributed by atoms with van der Waals surface area (Å²) in [6.45, 7) is 8.80. The number of rotatable bonds is 5. The molecule has 3 aromatic rings. The number of phenols is 1. The van der Waals surface area contributed by atoms with Gasteiger partial charge >= 0.3 is 0 Å². The van der Waals surface area contributed by atoms with Gasteiger partial charge in [0.25, 0.3) is 0 Å². The van der Waals surface area contributed by atoms with E-state index in [1.54, 1.807) is 24.3 Å². The molecule has 0 bridgehead atoms. The van der Waals surface area contributed by atoms with Crippen LogP contribution < -0.4 is 10.5 Å². The van der Waals surface area contributed by atoms with Crippen molar-refractivity contribution in [2.45, 2.75) is 25.5 Å². The van der Waals surface area contributed by atoms with E-state index in [1.807, 2.05) is 12.1 Å². The van der Waals surface area contributed by atoms with E-state index >= 15 is 0 Å². The first-order chi connectivity index (χ1) is 14.7. The summed E-state index contributed by atoms with van der Waals surface area (Å²) in [5.41, 5.74) is 8.45.